The summed E-state index contributed by atoms with van der Waals surface area (Å²) in [6.07, 6.45) is 1.16. The number of carbonyl (C=O) groups excluding carboxylic acids is 2. The van der Waals surface area contributed by atoms with E-state index >= 15 is 0 Å². The van der Waals surface area contributed by atoms with Gasteiger partial charge in [-0.2, -0.15) is 0 Å². The van der Waals surface area contributed by atoms with Gasteiger partial charge < -0.3 is 14.9 Å². The lowest BCUT2D eigenvalue weighted by molar-refractivity contribution is -0.173. The maximum Gasteiger partial charge on any atom is 0.318 e. The van der Waals surface area contributed by atoms with Crippen LogP contribution in [0.2, 0.25) is 0 Å². The van der Waals surface area contributed by atoms with E-state index in [0.29, 0.717) is 12.8 Å². The first-order valence-corrected chi connectivity index (χ1v) is 10.1. The average Bonchev–Trinajstić information content (AvgIpc) is 3.36. The van der Waals surface area contributed by atoms with Gasteiger partial charge >= 0.3 is 23.9 Å². The van der Waals surface area contributed by atoms with Crippen molar-refractivity contribution in [3.05, 3.63) is 22.3 Å². The van der Waals surface area contributed by atoms with E-state index < -0.39 is 47.5 Å². The summed E-state index contributed by atoms with van der Waals surface area (Å²) in [5, 5.41) is 19.3. The molecule has 0 amide bonds. The van der Waals surface area contributed by atoms with E-state index in [1.165, 1.54) is 0 Å². The monoisotopic (exact) mass is 402 g/mol. The molecule has 2 fully saturated rings. The van der Waals surface area contributed by atoms with Crippen molar-refractivity contribution >= 4 is 23.9 Å². The third-order valence-corrected chi connectivity index (χ3v) is 8.31. The molecule has 0 aromatic heterocycles. The van der Waals surface area contributed by atoms with Crippen LogP contribution in [-0.4, -0.2) is 34.1 Å². The van der Waals surface area contributed by atoms with Gasteiger partial charge in [-0.1, -0.05) is 22.3 Å². The van der Waals surface area contributed by atoms with Gasteiger partial charge in [-0.25, -0.2) is 0 Å². The van der Waals surface area contributed by atoms with Crippen molar-refractivity contribution in [1.29, 1.82) is 0 Å². The summed E-state index contributed by atoms with van der Waals surface area (Å²) in [6, 6.07) is 0. The molecule has 0 aromatic carbocycles. The van der Waals surface area contributed by atoms with Crippen molar-refractivity contribution in [3.8, 4) is 0 Å². The molecular formula is C22H26O7. The second kappa shape index (κ2) is 6.54. The van der Waals surface area contributed by atoms with Crippen LogP contribution >= 0.6 is 0 Å². The number of allylic oxidation sites excluding steroid dienone is 4. The molecule has 0 spiro atoms. The normalized spacial score (nSPS) is 40.0. The minimum Gasteiger partial charge on any atom is -0.481 e. The number of aliphatic carboxylic acids is 2. The highest BCUT2D eigenvalue weighted by atomic mass is 16.6. The van der Waals surface area contributed by atoms with Crippen LogP contribution in [0.1, 0.15) is 40.5 Å². The average molecular weight is 402 g/mol. The van der Waals surface area contributed by atoms with Gasteiger partial charge in [0.1, 0.15) is 0 Å². The fraction of sp³-hybridized carbons (Fsp3) is 0.636. The Bertz CT molecular complexity index is 823. The van der Waals surface area contributed by atoms with Crippen molar-refractivity contribution in [2.75, 3.05) is 0 Å². The molecule has 2 N–H and O–H groups in total. The highest BCUT2D eigenvalue weighted by molar-refractivity contribution is 5.94. The number of hydrogen-bond donors (Lipinski definition) is 2. The number of carboxylic acids is 2. The zero-order valence-electron chi connectivity index (χ0n) is 17.0. The Balaban J connectivity index is 1.57. The van der Waals surface area contributed by atoms with Crippen molar-refractivity contribution < 1.29 is 34.1 Å². The highest BCUT2D eigenvalue weighted by Crippen LogP contribution is 2.57. The van der Waals surface area contributed by atoms with Gasteiger partial charge in [0.05, 0.1) is 23.7 Å². The summed E-state index contributed by atoms with van der Waals surface area (Å²) in [4.78, 5) is 49.5. The van der Waals surface area contributed by atoms with Crippen LogP contribution in [0.15, 0.2) is 22.3 Å². The molecule has 8 atom stereocenters. The lowest BCUT2D eigenvalue weighted by Crippen LogP contribution is -2.41. The van der Waals surface area contributed by atoms with Gasteiger partial charge in [0, 0.05) is 0 Å². The smallest absolute Gasteiger partial charge is 0.318 e. The summed E-state index contributed by atoms with van der Waals surface area (Å²) >= 11 is 0. The van der Waals surface area contributed by atoms with Crippen LogP contribution in [0, 0.1) is 47.3 Å². The Morgan fingerprint density at radius 3 is 1.17 bits per heavy atom. The number of esters is 2. The molecule has 7 heteroatoms. The van der Waals surface area contributed by atoms with Gasteiger partial charge in [-0.05, 0) is 64.2 Å². The topological polar surface area (TPSA) is 118 Å². The fourth-order valence-corrected chi connectivity index (χ4v) is 6.60. The summed E-state index contributed by atoms with van der Waals surface area (Å²) in [6.45, 7) is 7.58. The number of carboxylic acid groups (broad SMARTS) is 2. The molecule has 0 aliphatic heterocycles. The van der Waals surface area contributed by atoms with Crippen LogP contribution in [0.25, 0.3) is 0 Å². The molecule has 0 saturated heterocycles. The van der Waals surface area contributed by atoms with E-state index in [1.807, 2.05) is 27.7 Å². The zero-order chi connectivity index (χ0) is 21.4. The molecule has 4 aliphatic carbocycles. The molecule has 2 saturated carbocycles. The predicted molar refractivity (Wildman–Crippen MR) is 100 cm³/mol. The number of ether oxygens (including phenoxy) is 1. The second-order valence-corrected chi connectivity index (χ2v) is 9.15. The molecule has 29 heavy (non-hydrogen) atoms. The van der Waals surface area contributed by atoms with E-state index in [2.05, 4.69) is 0 Å². The molecule has 8 unspecified atom stereocenters. The number of fused-ring (bicyclic) bond motifs is 4. The van der Waals surface area contributed by atoms with E-state index in [0.717, 1.165) is 22.3 Å². The summed E-state index contributed by atoms with van der Waals surface area (Å²) in [5.74, 6) is -8.27. The number of carbonyl (C=O) groups is 4. The molecule has 0 radical (unpaired) electrons. The maximum absolute atomic E-state index is 12.9. The zero-order valence-corrected chi connectivity index (χ0v) is 17.0. The van der Waals surface area contributed by atoms with Crippen molar-refractivity contribution in [2.45, 2.75) is 40.5 Å². The number of rotatable bonds is 4. The predicted octanol–water partition coefficient (Wildman–Crippen LogP) is 2.66. The van der Waals surface area contributed by atoms with Gasteiger partial charge in [-0.3, -0.25) is 19.2 Å². The Kier molecular flexibility index (Phi) is 4.48. The van der Waals surface area contributed by atoms with E-state index in [1.54, 1.807) is 0 Å². The van der Waals surface area contributed by atoms with E-state index in [-0.39, 0.29) is 23.7 Å². The van der Waals surface area contributed by atoms with Crippen LogP contribution in [0.3, 0.4) is 0 Å². The van der Waals surface area contributed by atoms with Gasteiger partial charge in [0.2, 0.25) is 0 Å². The van der Waals surface area contributed by atoms with E-state index in [4.69, 9.17) is 4.74 Å². The van der Waals surface area contributed by atoms with Gasteiger partial charge in [0.15, 0.2) is 0 Å². The quantitative estimate of drug-likeness (QED) is 0.422. The Labute approximate surface area is 168 Å². The first-order chi connectivity index (χ1) is 13.6. The maximum atomic E-state index is 12.9. The SMILES string of the molecule is CC1=C(C)C2CC1C(C(=O)O)C2C(=O)OC(=O)C1C2CC(C(C)=C2C)C1C(=O)O. The van der Waals surface area contributed by atoms with Crippen molar-refractivity contribution in [2.24, 2.45) is 47.3 Å². The third-order valence-electron chi connectivity index (χ3n) is 8.31. The molecule has 4 aliphatic rings. The summed E-state index contributed by atoms with van der Waals surface area (Å²) in [7, 11) is 0. The van der Waals surface area contributed by atoms with Crippen LogP contribution < -0.4 is 0 Å². The minimum absolute atomic E-state index is 0.216. The summed E-state index contributed by atoms with van der Waals surface area (Å²) < 4.78 is 5.20. The van der Waals surface area contributed by atoms with Crippen molar-refractivity contribution in [1.82, 2.24) is 0 Å². The summed E-state index contributed by atoms with van der Waals surface area (Å²) in [5.41, 5.74) is 4.01. The molecule has 4 bridgehead atoms. The molecule has 0 aromatic rings. The first kappa shape index (κ1) is 19.9. The Morgan fingerprint density at radius 1 is 0.621 bits per heavy atom. The highest BCUT2D eigenvalue weighted by Gasteiger charge is 2.59. The second-order valence-electron chi connectivity index (χ2n) is 9.15. The molecule has 4 rings (SSSR count). The van der Waals surface area contributed by atoms with Crippen LogP contribution in [0.5, 0.6) is 0 Å². The molecule has 0 heterocycles. The number of hydrogen-bond acceptors (Lipinski definition) is 5. The Hall–Kier alpha value is -2.44. The molecular weight excluding hydrogens is 376 g/mol. The lowest BCUT2D eigenvalue weighted by atomic mass is 9.76. The molecule has 156 valence electrons. The largest absolute Gasteiger partial charge is 0.481 e. The standard InChI is InChI=1S/C22H26O7/c1-7-9(3)13-5-11(7)15(19(23)24)17(13)21(27)29-22(28)18-14-6-12(8(2)10(14)4)16(18)20(25)26/h11-18H,5-6H2,1-4H3,(H,23,24)(H,25,26). The first-order valence-electron chi connectivity index (χ1n) is 10.1. The van der Waals surface area contributed by atoms with E-state index in [9.17, 15) is 29.4 Å². The van der Waals surface area contributed by atoms with Crippen LogP contribution in [0.4, 0.5) is 0 Å². The minimum atomic E-state index is -1.06. The lowest BCUT2D eigenvalue weighted by Gasteiger charge is -2.30. The van der Waals surface area contributed by atoms with Gasteiger partial charge in [0.25, 0.3) is 0 Å². The van der Waals surface area contributed by atoms with Gasteiger partial charge in [-0.15, -0.1) is 0 Å². The van der Waals surface area contributed by atoms with Crippen molar-refractivity contribution in [3.63, 3.8) is 0 Å². The Morgan fingerprint density at radius 2 is 0.897 bits per heavy atom. The fourth-order valence-electron chi connectivity index (χ4n) is 6.60. The molecule has 7 nitrogen and oxygen atoms in total. The third kappa shape index (κ3) is 2.62. The van der Waals surface area contributed by atoms with Crippen LogP contribution in [-0.2, 0) is 23.9 Å².